The molecule has 0 aliphatic carbocycles. The smallest absolute Gasteiger partial charge is 0.312 e. The molecule has 144 valence electrons. The molecule has 3 rings (SSSR count). The minimum absolute atomic E-state index is 0.0108. The summed E-state index contributed by atoms with van der Waals surface area (Å²) in [5.41, 5.74) is 0.923. The second-order valence-corrected chi connectivity index (χ2v) is 7.75. The van der Waals surface area contributed by atoms with E-state index < -0.39 is 0 Å². The fraction of sp³-hybridized carbons (Fsp3) is 0.667. The third kappa shape index (κ3) is 4.44. The van der Waals surface area contributed by atoms with Crippen molar-refractivity contribution in [1.82, 2.24) is 9.80 Å². The van der Waals surface area contributed by atoms with Crippen molar-refractivity contribution in [1.29, 1.82) is 0 Å². The molecular formula is C21H31FN2O2. The van der Waals surface area contributed by atoms with Gasteiger partial charge in [0.05, 0.1) is 5.41 Å². The summed E-state index contributed by atoms with van der Waals surface area (Å²) >= 11 is 0. The van der Waals surface area contributed by atoms with Gasteiger partial charge < -0.3 is 9.64 Å². The van der Waals surface area contributed by atoms with Crippen molar-refractivity contribution in [3.8, 4) is 0 Å². The van der Waals surface area contributed by atoms with Crippen molar-refractivity contribution in [2.75, 3.05) is 32.7 Å². The lowest BCUT2D eigenvalue weighted by atomic mass is 9.79. The molecule has 0 saturated carbocycles. The second-order valence-electron chi connectivity index (χ2n) is 7.75. The number of carbonyl (C=O) groups is 1. The number of esters is 1. The van der Waals surface area contributed by atoms with E-state index in [0.29, 0.717) is 0 Å². The normalized spacial score (nSPS) is 24.0. The van der Waals surface area contributed by atoms with Crippen LogP contribution in [0.4, 0.5) is 4.39 Å². The summed E-state index contributed by atoms with van der Waals surface area (Å²) in [4.78, 5) is 17.1. The summed E-state index contributed by atoms with van der Waals surface area (Å²) in [5, 5.41) is 0. The molecule has 1 aromatic rings. The van der Waals surface area contributed by atoms with E-state index in [1.165, 1.54) is 12.1 Å². The number of benzene rings is 1. The van der Waals surface area contributed by atoms with Crippen molar-refractivity contribution < 1.29 is 13.9 Å². The monoisotopic (exact) mass is 362 g/mol. The van der Waals surface area contributed by atoms with Gasteiger partial charge in [0.15, 0.2) is 0 Å². The molecule has 5 heteroatoms. The van der Waals surface area contributed by atoms with Gasteiger partial charge in [-0.15, -0.1) is 0 Å². The molecule has 2 fully saturated rings. The Morgan fingerprint density at radius 3 is 2.27 bits per heavy atom. The van der Waals surface area contributed by atoms with Crippen LogP contribution in [0.1, 0.15) is 45.1 Å². The van der Waals surface area contributed by atoms with Gasteiger partial charge in [0.1, 0.15) is 11.9 Å². The summed E-state index contributed by atoms with van der Waals surface area (Å²) in [6.07, 6.45) is 3.65. The summed E-state index contributed by atoms with van der Waals surface area (Å²) < 4.78 is 18.6. The number of halogens is 1. The number of piperazine rings is 1. The molecule has 2 saturated heterocycles. The van der Waals surface area contributed by atoms with E-state index in [1.54, 1.807) is 0 Å². The van der Waals surface area contributed by atoms with Crippen LogP contribution in [-0.4, -0.2) is 54.6 Å². The van der Waals surface area contributed by atoms with Crippen molar-refractivity contribution >= 4 is 5.97 Å². The zero-order valence-electron chi connectivity index (χ0n) is 16.0. The van der Waals surface area contributed by atoms with E-state index in [1.807, 2.05) is 12.1 Å². The van der Waals surface area contributed by atoms with Crippen LogP contribution >= 0.6 is 0 Å². The van der Waals surface area contributed by atoms with Gasteiger partial charge in [-0.05, 0) is 37.0 Å². The molecule has 0 amide bonds. The van der Waals surface area contributed by atoms with Gasteiger partial charge in [0.2, 0.25) is 0 Å². The van der Waals surface area contributed by atoms with Gasteiger partial charge >= 0.3 is 5.97 Å². The van der Waals surface area contributed by atoms with E-state index in [9.17, 15) is 9.18 Å². The summed E-state index contributed by atoms with van der Waals surface area (Å²) in [7, 11) is 0. The molecule has 0 unspecified atom stereocenters. The van der Waals surface area contributed by atoms with Crippen LogP contribution < -0.4 is 0 Å². The van der Waals surface area contributed by atoms with Crippen LogP contribution in [0.25, 0.3) is 0 Å². The van der Waals surface area contributed by atoms with E-state index >= 15 is 0 Å². The Morgan fingerprint density at radius 2 is 1.69 bits per heavy atom. The minimum atomic E-state index is -0.238. The average Bonchev–Trinajstić information content (AvgIpc) is 2.99. The topological polar surface area (TPSA) is 32.8 Å². The van der Waals surface area contributed by atoms with Gasteiger partial charge in [-0.25, -0.2) is 4.39 Å². The highest BCUT2D eigenvalue weighted by Gasteiger charge is 2.46. The maximum absolute atomic E-state index is 13.0. The molecule has 0 spiro atoms. The first kappa shape index (κ1) is 19.3. The first-order chi connectivity index (χ1) is 12.5. The number of cyclic esters (lactones) is 1. The Kier molecular flexibility index (Phi) is 6.30. The van der Waals surface area contributed by atoms with Gasteiger partial charge in [0, 0.05) is 45.7 Å². The largest absolute Gasteiger partial charge is 0.462 e. The molecule has 0 radical (unpaired) electrons. The van der Waals surface area contributed by atoms with Gasteiger partial charge in [-0.1, -0.05) is 26.0 Å². The molecule has 0 aromatic heterocycles. The molecule has 0 bridgehead atoms. The third-order valence-electron chi connectivity index (χ3n) is 6.23. The first-order valence-corrected chi connectivity index (χ1v) is 9.95. The fourth-order valence-corrected chi connectivity index (χ4v) is 4.17. The number of rotatable bonds is 7. The Labute approximate surface area is 156 Å². The van der Waals surface area contributed by atoms with Crippen LogP contribution in [0.15, 0.2) is 24.3 Å². The van der Waals surface area contributed by atoms with Crippen molar-refractivity contribution in [2.24, 2.45) is 5.41 Å². The van der Waals surface area contributed by atoms with Crippen LogP contribution in [-0.2, 0) is 16.1 Å². The van der Waals surface area contributed by atoms with Crippen molar-refractivity contribution in [3.05, 3.63) is 35.6 Å². The highest BCUT2D eigenvalue weighted by molar-refractivity contribution is 5.78. The molecule has 0 N–H and O–H groups in total. The minimum Gasteiger partial charge on any atom is -0.462 e. The molecule has 1 atom stereocenters. The predicted molar refractivity (Wildman–Crippen MR) is 100 cm³/mol. The maximum Gasteiger partial charge on any atom is 0.312 e. The molecule has 2 aliphatic heterocycles. The SMILES string of the molecule is CCC1(CC)C[C@@H](CCN2CCN(Cc3ccc(F)cc3)CC2)OC1=O. The van der Waals surface area contributed by atoms with Gasteiger partial charge in [0.25, 0.3) is 0 Å². The van der Waals surface area contributed by atoms with E-state index in [2.05, 4.69) is 23.6 Å². The quantitative estimate of drug-likeness (QED) is 0.696. The molecule has 2 heterocycles. The van der Waals surface area contributed by atoms with E-state index in [-0.39, 0.29) is 23.3 Å². The molecular weight excluding hydrogens is 331 g/mol. The zero-order chi connectivity index (χ0) is 18.6. The highest BCUT2D eigenvalue weighted by atomic mass is 19.1. The fourth-order valence-electron chi connectivity index (χ4n) is 4.17. The van der Waals surface area contributed by atoms with Gasteiger partial charge in [-0.2, -0.15) is 0 Å². The Morgan fingerprint density at radius 1 is 1.08 bits per heavy atom. The highest BCUT2D eigenvalue weighted by Crippen LogP contribution is 2.41. The summed E-state index contributed by atoms with van der Waals surface area (Å²) in [5.74, 6) is -0.169. The zero-order valence-corrected chi connectivity index (χ0v) is 16.0. The Bertz CT molecular complexity index is 593. The number of hydrogen-bond acceptors (Lipinski definition) is 4. The second kappa shape index (κ2) is 8.49. The summed E-state index contributed by atoms with van der Waals surface area (Å²) in [6.45, 7) is 10.2. The van der Waals surface area contributed by atoms with Crippen molar-refractivity contribution in [3.63, 3.8) is 0 Å². The van der Waals surface area contributed by atoms with Crippen LogP contribution in [0, 0.1) is 11.2 Å². The van der Waals surface area contributed by atoms with Crippen LogP contribution in [0.2, 0.25) is 0 Å². The third-order valence-corrected chi connectivity index (χ3v) is 6.23. The average molecular weight is 362 g/mol. The molecule has 26 heavy (non-hydrogen) atoms. The number of ether oxygens (including phenoxy) is 1. The Balaban J connectivity index is 1.39. The molecule has 1 aromatic carbocycles. The van der Waals surface area contributed by atoms with Crippen LogP contribution in [0.3, 0.4) is 0 Å². The lowest BCUT2D eigenvalue weighted by Crippen LogP contribution is -2.46. The van der Waals surface area contributed by atoms with E-state index in [4.69, 9.17) is 4.74 Å². The maximum atomic E-state index is 13.0. The van der Waals surface area contributed by atoms with Crippen molar-refractivity contribution in [2.45, 2.75) is 52.2 Å². The summed E-state index contributed by atoms with van der Waals surface area (Å²) in [6, 6.07) is 6.79. The predicted octanol–water partition coefficient (Wildman–Crippen LogP) is 3.46. The standard InChI is InChI=1S/C21H31FN2O2/c1-3-21(4-2)15-19(26-20(21)25)9-10-23-11-13-24(14-12-23)16-17-5-7-18(22)8-6-17/h5-8,19H,3-4,9-16H2,1-2H3/t19-/m1/s1. The van der Waals surface area contributed by atoms with E-state index in [0.717, 1.165) is 70.5 Å². The molecule has 4 nitrogen and oxygen atoms in total. The molecule has 2 aliphatic rings. The first-order valence-electron chi connectivity index (χ1n) is 9.95. The van der Waals surface area contributed by atoms with Gasteiger partial charge in [-0.3, -0.25) is 9.69 Å². The Hall–Kier alpha value is -1.46. The van der Waals surface area contributed by atoms with Crippen LogP contribution in [0.5, 0.6) is 0 Å². The lowest BCUT2D eigenvalue weighted by Gasteiger charge is -2.35. The lowest BCUT2D eigenvalue weighted by molar-refractivity contribution is -0.149. The number of carbonyl (C=O) groups excluding carboxylic acids is 1. The number of nitrogens with zero attached hydrogens (tertiary/aromatic N) is 2. The number of hydrogen-bond donors (Lipinski definition) is 0.